The molecule has 0 aromatic rings. The standard InChI is InChI=1S/C13H26/c1-5-7-12-9-13(12)11(4)8-10(3)6-2/h10-13H,5-9H2,1-4H3. The number of hydrogen-bond acceptors (Lipinski definition) is 0. The molecule has 0 radical (unpaired) electrons. The van der Waals surface area contributed by atoms with Crippen molar-refractivity contribution in [3.05, 3.63) is 0 Å². The van der Waals surface area contributed by atoms with Crippen molar-refractivity contribution in [2.75, 3.05) is 0 Å². The van der Waals surface area contributed by atoms with Crippen molar-refractivity contribution in [3.63, 3.8) is 0 Å². The van der Waals surface area contributed by atoms with Gasteiger partial charge in [-0.25, -0.2) is 0 Å². The van der Waals surface area contributed by atoms with Crippen molar-refractivity contribution >= 4 is 0 Å². The van der Waals surface area contributed by atoms with Crippen LogP contribution in [0, 0.1) is 23.7 Å². The minimum absolute atomic E-state index is 0.942. The lowest BCUT2D eigenvalue weighted by Gasteiger charge is -2.15. The third-order valence-electron chi connectivity index (χ3n) is 3.84. The fourth-order valence-corrected chi connectivity index (χ4v) is 2.65. The van der Waals surface area contributed by atoms with E-state index in [0.29, 0.717) is 0 Å². The lowest BCUT2D eigenvalue weighted by Crippen LogP contribution is -2.05. The molecule has 78 valence electrons. The summed E-state index contributed by atoms with van der Waals surface area (Å²) in [6.07, 6.45) is 7.22. The molecule has 0 heterocycles. The highest BCUT2D eigenvalue weighted by molar-refractivity contribution is 4.89. The molecule has 1 saturated carbocycles. The lowest BCUT2D eigenvalue weighted by molar-refractivity contribution is 0.355. The van der Waals surface area contributed by atoms with Gasteiger partial charge in [-0.15, -0.1) is 0 Å². The number of rotatable bonds is 6. The first-order valence-electron chi connectivity index (χ1n) is 6.19. The first-order valence-corrected chi connectivity index (χ1v) is 6.19. The Hall–Kier alpha value is 0. The molecule has 0 N–H and O–H groups in total. The molecule has 0 amide bonds. The third-order valence-corrected chi connectivity index (χ3v) is 3.84. The van der Waals surface area contributed by atoms with Crippen molar-refractivity contribution in [2.45, 2.75) is 59.8 Å². The molecule has 0 spiro atoms. The molecule has 0 aromatic carbocycles. The van der Waals surface area contributed by atoms with Gasteiger partial charge in [0.25, 0.3) is 0 Å². The van der Waals surface area contributed by atoms with Crippen LogP contribution in [0.15, 0.2) is 0 Å². The van der Waals surface area contributed by atoms with Crippen molar-refractivity contribution in [1.29, 1.82) is 0 Å². The summed E-state index contributed by atoms with van der Waals surface area (Å²) in [4.78, 5) is 0. The molecule has 1 fully saturated rings. The molecular formula is C13H26. The molecule has 4 unspecified atom stereocenters. The second-order valence-corrected chi connectivity index (χ2v) is 5.17. The molecule has 0 aliphatic heterocycles. The molecule has 0 bridgehead atoms. The van der Waals surface area contributed by atoms with Crippen molar-refractivity contribution in [3.8, 4) is 0 Å². The molecule has 4 atom stereocenters. The summed E-state index contributed by atoms with van der Waals surface area (Å²) < 4.78 is 0. The minimum Gasteiger partial charge on any atom is -0.0654 e. The van der Waals surface area contributed by atoms with Gasteiger partial charge in [0.1, 0.15) is 0 Å². The maximum Gasteiger partial charge on any atom is -0.0357 e. The molecular weight excluding hydrogens is 156 g/mol. The molecule has 0 nitrogen and oxygen atoms in total. The van der Waals surface area contributed by atoms with Gasteiger partial charge in [-0.2, -0.15) is 0 Å². The van der Waals surface area contributed by atoms with Crippen LogP contribution in [-0.2, 0) is 0 Å². The Morgan fingerprint density at radius 3 is 2.46 bits per heavy atom. The predicted molar refractivity (Wildman–Crippen MR) is 59.7 cm³/mol. The van der Waals surface area contributed by atoms with E-state index in [-0.39, 0.29) is 0 Å². The fourth-order valence-electron chi connectivity index (χ4n) is 2.65. The second kappa shape index (κ2) is 5.02. The van der Waals surface area contributed by atoms with E-state index in [9.17, 15) is 0 Å². The molecule has 13 heavy (non-hydrogen) atoms. The van der Waals surface area contributed by atoms with E-state index in [1.807, 2.05) is 0 Å². The Labute approximate surface area is 84.1 Å². The van der Waals surface area contributed by atoms with E-state index in [4.69, 9.17) is 0 Å². The van der Waals surface area contributed by atoms with Crippen molar-refractivity contribution in [2.24, 2.45) is 23.7 Å². The average Bonchev–Trinajstić information content (AvgIpc) is 2.84. The SMILES string of the molecule is CCCC1CC1C(C)CC(C)CC. The average molecular weight is 182 g/mol. The highest BCUT2D eigenvalue weighted by Crippen LogP contribution is 2.48. The Morgan fingerprint density at radius 2 is 1.92 bits per heavy atom. The van der Waals surface area contributed by atoms with Gasteiger partial charge in [0, 0.05) is 0 Å². The fraction of sp³-hybridized carbons (Fsp3) is 1.00. The van der Waals surface area contributed by atoms with E-state index in [1.54, 1.807) is 0 Å². The summed E-state index contributed by atoms with van der Waals surface area (Å²) in [5.41, 5.74) is 0. The third kappa shape index (κ3) is 3.32. The molecule has 0 heteroatoms. The Kier molecular flexibility index (Phi) is 4.28. The summed E-state index contributed by atoms with van der Waals surface area (Å²) in [6.45, 7) is 9.49. The van der Waals surface area contributed by atoms with Crippen LogP contribution in [0.4, 0.5) is 0 Å². The van der Waals surface area contributed by atoms with Gasteiger partial charge in [0.2, 0.25) is 0 Å². The van der Waals surface area contributed by atoms with Gasteiger partial charge in [-0.3, -0.25) is 0 Å². The summed E-state index contributed by atoms with van der Waals surface area (Å²) in [5, 5.41) is 0. The normalized spacial score (nSPS) is 31.4. The molecule has 0 aromatic heterocycles. The monoisotopic (exact) mass is 182 g/mol. The molecule has 1 aliphatic rings. The second-order valence-electron chi connectivity index (χ2n) is 5.17. The summed E-state index contributed by atoms with van der Waals surface area (Å²) >= 11 is 0. The predicted octanol–water partition coefficient (Wildman–Crippen LogP) is 4.49. The Bertz CT molecular complexity index is 139. The van der Waals surface area contributed by atoms with E-state index >= 15 is 0 Å². The lowest BCUT2D eigenvalue weighted by atomic mass is 9.91. The minimum atomic E-state index is 0.942. The van der Waals surface area contributed by atoms with E-state index in [0.717, 1.165) is 23.7 Å². The van der Waals surface area contributed by atoms with Crippen LogP contribution in [-0.4, -0.2) is 0 Å². The summed E-state index contributed by atoms with van der Waals surface area (Å²) in [7, 11) is 0. The zero-order chi connectivity index (χ0) is 9.84. The van der Waals surface area contributed by atoms with Gasteiger partial charge in [0.05, 0.1) is 0 Å². The topological polar surface area (TPSA) is 0 Å². The van der Waals surface area contributed by atoms with Crippen LogP contribution in [0.2, 0.25) is 0 Å². The first kappa shape index (κ1) is 11.1. The van der Waals surface area contributed by atoms with Crippen LogP contribution in [0.25, 0.3) is 0 Å². The largest absolute Gasteiger partial charge is 0.0654 e. The quantitative estimate of drug-likeness (QED) is 0.567. The zero-order valence-corrected chi connectivity index (χ0v) is 9.84. The maximum absolute atomic E-state index is 2.46. The summed E-state index contributed by atoms with van der Waals surface area (Å²) in [5.74, 6) is 4.13. The smallest absolute Gasteiger partial charge is 0.0357 e. The van der Waals surface area contributed by atoms with Gasteiger partial charge < -0.3 is 0 Å². The molecule has 1 aliphatic carbocycles. The van der Waals surface area contributed by atoms with Crippen molar-refractivity contribution in [1.82, 2.24) is 0 Å². The zero-order valence-electron chi connectivity index (χ0n) is 9.84. The van der Waals surface area contributed by atoms with E-state index in [2.05, 4.69) is 27.7 Å². The van der Waals surface area contributed by atoms with E-state index in [1.165, 1.54) is 32.1 Å². The van der Waals surface area contributed by atoms with Crippen LogP contribution < -0.4 is 0 Å². The van der Waals surface area contributed by atoms with E-state index < -0.39 is 0 Å². The highest BCUT2D eigenvalue weighted by atomic mass is 14.4. The Morgan fingerprint density at radius 1 is 1.23 bits per heavy atom. The molecule has 1 rings (SSSR count). The number of hydrogen-bond donors (Lipinski definition) is 0. The van der Waals surface area contributed by atoms with Gasteiger partial charge in [-0.05, 0) is 36.5 Å². The summed E-state index contributed by atoms with van der Waals surface area (Å²) in [6, 6.07) is 0. The van der Waals surface area contributed by atoms with Crippen LogP contribution in [0.5, 0.6) is 0 Å². The van der Waals surface area contributed by atoms with Gasteiger partial charge in [0.15, 0.2) is 0 Å². The molecule has 0 saturated heterocycles. The highest BCUT2D eigenvalue weighted by Gasteiger charge is 2.39. The van der Waals surface area contributed by atoms with Gasteiger partial charge >= 0.3 is 0 Å². The van der Waals surface area contributed by atoms with Gasteiger partial charge in [-0.1, -0.05) is 47.0 Å². The maximum atomic E-state index is 2.46. The Balaban J connectivity index is 2.15. The van der Waals surface area contributed by atoms with Crippen LogP contribution >= 0.6 is 0 Å². The van der Waals surface area contributed by atoms with Crippen LogP contribution in [0.3, 0.4) is 0 Å². The van der Waals surface area contributed by atoms with Crippen molar-refractivity contribution < 1.29 is 0 Å². The first-order chi connectivity index (χ1) is 6.19. The van der Waals surface area contributed by atoms with Crippen LogP contribution in [0.1, 0.15) is 59.8 Å².